The molecule has 3 aromatic rings. The highest BCUT2D eigenvalue weighted by Gasteiger charge is 2.18. The normalized spacial score (nSPS) is 15.4. The van der Waals surface area contributed by atoms with Gasteiger partial charge in [-0.1, -0.05) is 72.3 Å². The van der Waals surface area contributed by atoms with Crippen LogP contribution in [0.2, 0.25) is 5.02 Å². The Bertz CT molecular complexity index is 1030. The van der Waals surface area contributed by atoms with Gasteiger partial charge in [-0.3, -0.25) is 4.99 Å². The molecule has 0 radical (unpaired) electrons. The van der Waals surface area contributed by atoms with Crippen molar-refractivity contribution < 1.29 is 0 Å². The number of halogens is 1. The van der Waals surface area contributed by atoms with Crippen molar-refractivity contribution in [1.82, 2.24) is 5.32 Å². The number of nitrogens with one attached hydrogen (secondary N) is 1. The first-order valence-corrected chi connectivity index (χ1v) is 9.98. The van der Waals surface area contributed by atoms with Gasteiger partial charge >= 0.3 is 0 Å². The van der Waals surface area contributed by atoms with E-state index in [1.807, 2.05) is 0 Å². The monoisotopic (exact) mass is 372 g/mol. The second kappa shape index (κ2) is 6.86. The van der Waals surface area contributed by atoms with Crippen LogP contribution in [0.1, 0.15) is 23.1 Å². The predicted octanol–water partition coefficient (Wildman–Crippen LogP) is 5.51. The van der Waals surface area contributed by atoms with Crippen molar-refractivity contribution in [2.75, 3.05) is 13.1 Å². The molecule has 1 N–H and O–H groups in total. The maximum atomic E-state index is 6.91. The average Bonchev–Trinajstić information content (AvgIpc) is 3.40. The average molecular weight is 373 g/mol. The number of nitrogens with zero attached hydrogens (tertiary/aromatic N) is 1. The van der Waals surface area contributed by atoms with Gasteiger partial charge in [0.1, 0.15) is 5.84 Å². The number of aryl methyl sites for hydroxylation is 1. The molecule has 1 aliphatic heterocycles. The van der Waals surface area contributed by atoms with Crippen molar-refractivity contribution in [2.24, 2.45) is 4.99 Å². The standard InChI is InChI=1S/C24H21ClN2/c25-23-20(17-10-12-18(13-11-17)24-26-14-15-27-24)7-3-9-22(23)21-8-2-5-16-4-1-6-19(16)21/h2-3,5,7-13H,1,4,6,14-15H2,(H,26,27). The molecule has 0 saturated heterocycles. The third-order valence-electron chi connectivity index (χ3n) is 5.58. The summed E-state index contributed by atoms with van der Waals surface area (Å²) in [6, 6.07) is 21.5. The molecule has 134 valence electrons. The summed E-state index contributed by atoms with van der Waals surface area (Å²) in [6.07, 6.45) is 3.57. The molecule has 0 spiro atoms. The van der Waals surface area contributed by atoms with Crippen molar-refractivity contribution in [1.29, 1.82) is 0 Å². The van der Waals surface area contributed by atoms with Crippen LogP contribution < -0.4 is 5.32 Å². The lowest BCUT2D eigenvalue weighted by atomic mass is 9.94. The molecule has 5 rings (SSSR count). The molecule has 0 atom stereocenters. The van der Waals surface area contributed by atoms with E-state index < -0.39 is 0 Å². The van der Waals surface area contributed by atoms with Crippen LogP contribution in [0.4, 0.5) is 0 Å². The largest absolute Gasteiger partial charge is 0.368 e. The van der Waals surface area contributed by atoms with E-state index in [1.54, 1.807) is 0 Å². The van der Waals surface area contributed by atoms with E-state index in [-0.39, 0.29) is 0 Å². The van der Waals surface area contributed by atoms with Crippen molar-refractivity contribution in [3.05, 3.63) is 82.4 Å². The van der Waals surface area contributed by atoms with Gasteiger partial charge in [0.2, 0.25) is 0 Å². The fourth-order valence-electron chi connectivity index (χ4n) is 4.23. The summed E-state index contributed by atoms with van der Waals surface area (Å²) >= 11 is 6.91. The minimum atomic E-state index is 0.835. The van der Waals surface area contributed by atoms with Crippen LogP contribution in [0.5, 0.6) is 0 Å². The lowest BCUT2D eigenvalue weighted by molar-refractivity contribution is 0.912. The van der Waals surface area contributed by atoms with Crippen molar-refractivity contribution in [3.8, 4) is 22.3 Å². The Morgan fingerprint density at radius 3 is 2.33 bits per heavy atom. The van der Waals surface area contributed by atoms with E-state index in [2.05, 4.69) is 71.0 Å². The molecule has 0 fully saturated rings. The molecular weight excluding hydrogens is 352 g/mol. The Morgan fingerprint density at radius 2 is 1.52 bits per heavy atom. The maximum Gasteiger partial charge on any atom is 0.128 e. The zero-order chi connectivity index (χ0) is 18.2. The van der Waals surface area contributed by atoms with Crippen LogP contribution in [0.3, 0.4) is 0 Å². The molecule has 2 nitrogen and oxygen atoms in total. The topological polar surface area (TPSA) is 24.4 Å². The van der Waals surface area contributed by atoms with Crippen molar-refractivity contribution in [3.63, 3.8) is 0 Å². The molecule has 3 aromatic carbocycles. The van der Waals surface area contributed by atoms with Crippen molar-refractivity contribution >= 4 is 17.4 Å². The molecule has 3 heteroatoms. The third kappa shape index (κ3) is 2.94. The summed E-state index contributed by atoms with van der Waals surface area (Å²) in [5.41, 5.74) is 8.72. The zero-order valence-corrected chi connectivity index (χ0v) is 15.9. The Kier molecular flexibility index (Phi) is 4.21. The number of benzene rings is 3. The number of aliphatic imine (C=N–C) groups is 1. The quantitative estimate of drug-likeness (QED) is 0.643. The van der Waals surface area contributed by atoms with Gasteiger partial charge in [-0.15, -0.1) is 0 Å². The summed E-state index contributed by atoms with van der Waals surface area (Å²) in [4.78, 5) is 4.49. The number of amidine groups is 1. The van der Waals surface area contributed by atoms with Gasteiger partial charge in [-0.2, -0.15) is 0 Å². The Morgan fingerprint density at radius 1 is 0.778 bits per heavy atom. The van der Waals surface area contributed by atoms with Gasteiger partial charge in [0.05, 0.1) is 11.6 Å². The first kappa shape index (κ1) is 16.6. The summed E-state index contributed by atoms with van der Waals surface area (Å²) in [5, 5.41) is 4.16. The minimum Gasteiger partial charge on any atom is -0.368 e. The van der Waals surface area contributed by atoms with E-state index in [0.717, 1.165) is 52.6 Å². The van der Waals surface area contributed by atoms with Crippen LogP contribution in [0.15, 0.2) is 65.7 Å². The molecule has 1 aliphatic carbocycles. The molecule has 0 amide bonds. The molecule has 27 heavy (non-hydrogen) atoms. The molecule has 1 heterocycles. The lowest BCUT2D eigenvalue weighted by Crippen LogP contribution is -2.19. The Hall–Kier alpha value is -2.58. The van der Waals surface area contributed by atoms with Crippen LogP contribution in [0.25, 0.3) is 22.3 Å². The fourth-order valence-corrected chi connectivity index (χ4v) is 4.57. The van der Waals surface area contributed by atoms with Gasteiger partial charge < -0.3 is 5.32 Å². The molecule has 0 bridgehead atoms. The fraction of sp³-hybridized carbons (Fsp3) is 0.208. The minimum absolute atomic E-state index is 0.835. The number of rotatable bonds is 3. The summed E-state index contributed by atoms with van der Waals surface area (Å²) < 4.78 is 0. The first-order chi connectivity index (χ1) is 13.3. The van der Waals surface area contributed by atoms with Crippen LogP contribution >= 0.6 is 11.6 Å². The second-order valence-electron chi connectivity index (χ2n) is 7.20. The summed E-state index contributed by atoms with van der Waals surface area (Å²) in [5.74, 6) is 0.987. The van der Waals surface area contributed by atoms with E-state index in [1.165, 1.54) is 29.5 Å². The van der Waals surface area contributed by atoms with Gasteiger partial charge in [-0.05, 0) is 41.5 Å². The summed E-state index contributed by atoms with van der Waals surface area (Å²) in [6.45, 7) is 1.78. The predicted molar refractivity (Wildman–Crippen MR) is 114 cm³/mol. The molecule has 0 unspecified atom stereocenters. The highest BCUT2D eigenvalue weighted by molar-refractivity contribution is 6.36. The van der Waals surface area contributed by atoms with E-state index in [0.29, 0.717) is 0 Å². The third-order valence-corrected chi connectivity index (χ3v) is 5.99. The molecule has 0 saturated carbocycles. The first-order valence-electron chi connectivity index (χ1n) is 9.60. The smallest absolute Gasteiger partial charge is 0.128 e. The molecule has 2 aliphatic rings. The number of hydrogen-bond acceptors (Lipinski definition) is 2. The van der Waals surface area contributed by atoms with E-state index in [9.17, 15) is 0 Å². The molecule has 0 aromatic heterocycles. The number of fused-ring (bicyclic) bond motifs is 1. The van der Waals surface area contributed by atoms with E-state index in [4.69, 9.17) is 11.6 Å². The van der Waals surface area contributed by atoms with Gasteiger partial charge in [0, 0.05) is 23.2 Å². The summed E-state index contributed by atoms with van der Waals surface area (Å²) in [7, 11) is 0. The Balaban J connectivity index is 1.55. The van der Waals surface area contributed by atoms with Crippen LogP contribution in [-0.2, 0) is 12.8 Å². The van der Waals surface area contributed by atoms with Gasteiger partial charge in [-0.25, -0.2) is 0 Å². The van der Waals surface area contributed by atoms with E-state index >= 15 is 0 Å². The molecular formula is C24H21ClN2. The highest BCUT2D eigenvalue weighted by atomic mass is 35.5. The maximum absolute atomic E-state index is 6.91. The lowest BCUT2D eigenvalue weighted by Gasteiger charge is -2.14. The highest BCUT2D eigenvalue weighted by Crippen LogP contribution is 2.40. The Labute approximate surface area is 164 Å². The van der Waals surface area contributed by atoms with Crippen LogP contribution in [-0.4, -0.2) is 18.9 Å². The number of hydrogen-bond donors (Lipinski definition) is 1. The van der Waals surface area contributed by atoms with Gasteiger partial charge in [0.25, 0.3) is 0 Å². The van der Waals surface area contributed by atoms with Gasteiger partial charge in [0.15, 0.2) is 0 Å². The van der Waals surface area contributed by atoms with Crippen molar-refractivity contribution in [2.45, 2.75) is 19.3 Å². The second-order valence-corrected chi connectivity index (χ2v) is 7.58. The van der Waals surface area contributed by atoms with Crippen LogP contribution in [0, 0.1) is 0 Å². The zero-order valence-electron chi connectivity index (χ0n) is 15.1. The SMILES string of the molecule is Clc1c(-c2ccc(C3=NCCN3)cc2)cccc1-c1cccc2c1CCC2.